The normalized spacial score (nSPS) is 9.48. The van der Waals surface area contributed by atoms with Crippen LogP contribution < -0.4 is 14.4 Å². The molecule has 2 aromatic carbocycles. The van der Waals surface area contributed by atoms with Crippen LogP contribution in [0, 0.1) is 6.92 Å². The predicted octanol–water partition coefficient (Wildman–Crippen LogP) is 4.21. The molecule has 0 atom stereocenters. The number of ether oxygens (including phenoxy) is 2. The molecular formula is C21H25NO4S. The molecule has 0 heterocycles. The Morgan fingerprint density at radius 2 is 1.78 bits per heavy atom. The van der Waals surface area contributed by atoms with Crippen LogP contribution in [0.1, 0.15) is 5.56 Å². The fraction of sp³-hybridized carbons (Fsp3) is 0.286. The van der Waals surface area contributed by atoms with E-state index in [1.165, 1.54) is 4.90 Å². The number of aryl methyl sites for hydroxylation is 1. The van der Waals surface area contributed by atoms with Crippen LogP contribution in [-0.4, -0.2) is 39.7 Å². The lowest BCUT2D eigenvalue weighted by molar-refractivity contribution is -0.191. The standard InChI is InChI=1S/C20H25NO2S.CO2/c1-15(13-23-18-8-6-17(7-9-18)21(3)4)14-24-19-10-11-20(22-5)16(2)12-19;2-1-3/h6-12H,1,13-14H2,2-5H3;. The molecule has 0 aliphatic heterocycles. The summed E-state index contributed by atoms with van der Waals surface area (Å²) in [5.74, 6) is 2.62. The molecule has 0 radical (unpaired) electrons. The highest BCUT2D eigenvalue weighted by atomic mass is 32.2. The minimum atomic E-state index is 0.250. The van der Waals surface area contributed by atoms with Gasteiger partial charge in [0.2, 0.25) is 0 Å². The lowest BCUT2D eigenvalue weighted by Gasteiger charge is -2.13. The van der Waals surface area contributed by atoms with Gasteiger partial charge in [-0.15, -0.1) is 11.8 Å². The quantitative estimate of drug-likeness (QED) is 0.499. The van der Waals surface area contributed by atoms with Gasteiger partial charge in [0.25, 0.3) is 0 Å². The van der Waals surface area contributed by atoms with Crippen molar-refractivity contribution in [1.29, 1.82) is 0 Å². The van der Waals surface area contributed by atoms with Crippen molar-refractivity contribution in [2.24, 2.45) is 0 Å². The zero-order valence-electron chi connectivity index (χ0n) is 16.2. The number of carbonyl (C=O) groups excluding carboxylic acids is 2. The maximum absolute atomic E-state index is 8.12. The van der Waals surface area contributed by atoms with Gasteiger partial charge in [0.15, 0.2) is 0 Å². The number of hydrogen-bond acceptors (Lipinski definition) is 6. The summed E-state index contributed by atoms with van der Waals surface area (Å²) in [6, 6.07) is 14.3. The third-order valence-corrected chi connectivity index (χ3v) is 4.75. The van der Waals surface area contributed by atoms with E-state index in [1.807, 2.05) is 44.4 Å². The molecular weight excluding hydrogens is 362 g/mol. The predicted molar refractivity (Wildman–Crippen MR) is 109 cm³/mol. The molecule has 5 nitrogen and oxygen atoms in total. The van der Waals surface area contributed by atoms with Gasteiger partial charge in [-0.1, -0.05) is 6.58 Å². The Morgan fingerprint density at radius 3 is 2.30 bits per heavy atom. The lowest BCUT2D eigenvalue weighted by atomic mass is 10.2. The molecule has 0 fully saturated rings. The molecule has 0 saturated carbocycles. The van der Waals surface area contributed by atoms with Crippen LogP contribution >= 0.6 is 11.8 Å². The van der Waals surface area contributed by atoms with Crippen LogP contribution in [0.4, 0.5) is 5.69 Å². The number of thioether (sulfide) groups is 1. The van der Waals surface area contributed by atoms with Gasteiger partial charge in [0.1, 0.15) is 18.1 Å². The smallest absolute Gasteiger partial charge is 0.373 e. The number of rotatable bonds is 8. The van der Waals surface area contributed by atoms with Crippen molar-refractivity contribution in [3.05, 3.63) is 60.2 Å². The summed E-state index contributed by atoms with van der Waals surface area (Å²) >= 11 is 1.76. The van der Waals surface area contributed by atoms with E-state index in [-0.39, 0.29) is 6.15 Å². The van der Waals surface area contributed by atoms with Crippen LogP contribution in [0.3, 0.4) is 0 Å². The fourth-order valence-electron chi connectivity index (χ4n) is 2.19. The highest BCUT2D eigenvalue weighted by molar-refractivity contribution is 7.99. The second-order valence-corrected chi connectivity index (χ2v) is 6.98. The molecule has 0 saturated heterocycles. The first kappa shape index (κ1) is 22.4. The van der Waals surface area contributed by atoms with Crippen LogP contribution in [0.2, 0.25) is 0 Å². The number of benzene rings is 2. The molecule has 2 rings (SSSR count). The Hall–Kier alpha value is -2.69. The van der Waals surface area contributed by atoms with E-state index in [0.717, 1.165) is 34.1 Å². The average molecular weight is 388 g/mol. The molecule has 0 unspecified atom stereocenters. The van der Waals surface area contributed by atoms with E-state index in [0.29, 0.717) is 6.61 Å². The SMILES string of the molecule is C=C(COc1ccc(N(C)C)cc1)CSc1ccc(OC)c(C)c1.O=C=O. The van der Waals surface area contributed by atoms with E-state index in [2.05, 4.69) is 30.5 Å². The molecule has 144 valence electrons. The largest absolute Gasteiger partial charge is 0.496 e. The number of nitrogens with zero attached hydrogens (tertiary/aromatic N) is 1. The second-order valence-electron chi connectivity index (χ2n) is 5.93. The highest BCUT2D eigenvalue weighted by Crippen LogP contribution is 2.26. The van der Waals surface area contributed by atoms with Gasteiger partial charge in [-0.25, -0.2) is 0 Å². The van der Waals surface area contributed by atoms with Gasteiger partial charge >= 0.3 is 6.15 Å². The van der Waals surface area contributed by atoms with Crippen LogP contribution in [0.5, 0.6) is 11.5 Å². The van der Waals surface area contributed by atoms with E-state index in [4.69, 9.17) is 19.1 Å². The van der Waals surface area contributed by atoms with Crippen molar-refractivity contribution in [3.63, 3.8) is 0 Å². The van der Waals surface area contributed by atoms with Gasteiger partial charge in [-0.3, -0.25) is 0 Å². The molecule has 0 amide bonds. The van der Waals surface area contributed by atoms with Crippen molar-refractivity contribution >= 4 is 23.6 Å². The van der Waals surface area contributed by atoms with Crippen molar-refractivity contribution < 1.29 is 19.1 Å². The van der Waals surface area contributed by atoms with E-state index in [1.54, 1.807) is 18.9 Å². The Labute approximate surface area is 165 Å². The second kappa shape index (κ2) is 11.8. The minimum Gasteiger partial charge on any atom is -0.496 e. The molecule has 0 aliphatic rings. The Balaban J connectivity index is 0.00000114. The molecule has 0 aliphatic carbocycles. The minimum absolute atomic E-state index is 0.250. The Morgan fingerprint density at radius 1 is 1.15 bits per heavy atom. The number of methoxy groups -OCH3 is 1. The van der Waals surface area contributed by atoms with Crippen molar-refractivity contribution in [2.45, 2.75) is 11.8 Å². The van der Waals surface area contributed by atoms with Crippen LogP contribution in [0.25, 0.3) is 0 Å². The summed E-state index contributed by atoms with van der Waals surface area (Å²) in [7, 11) is 5.74. The highest BCUT2D eigenvalue weighted by Gasteiger charge is 2.03. The third-order valence-electron chi connectivity index (χ3n) is 3.61. The first-order valence-electron chi connectivity index (χ1n) is 8.24. The molecule has 2 aromatic rings. The number of anilines is 1. The van der Waals surface area contributed by atoms with Gasteiger partial charge in [0, 0.05) is 30.4 Å². The molecule has 0 bridgehead atoms. The zero-order valence-corrected chi connectivity index (χ0v) is 17.0. The van der Waals surface area contributed by atoms with Crippen molar-refractivity contribution in [1.82, 2.24) is 0 Å². The summed E-state index contributed by atoms with van der Waals surface area (Å²) in [5.41, 5.74) is 3.36. The molecule has 6 heteroatoms. The molecule has 27 heavy (non-hydrogen) atoms. The van der Waals surface area contributed by atoms with Gasteiger partial charge in [0.05, 0.1) is 7.11 Å². The van der Waals surface area contributed by atoms with Crippen LogP contribution in [0.15, 0.2) is 59.5 Å². The van der Waals surface area contributed by atoms with Crippen LogP contribution in [-0.2, 0) is 9.59 Å². The maximum atomic E-state index is 8.12. The van der Waals surface area contributed by atoms with Gasteiger partial charge < -0.3 is 14.4 Å². The monoisotopic (exact) mass is 387 g/mol. The molecule has 0 N–H and O–H groups in total. The third kappa shape index (κ3) is 8.03. The molecule has 0 aromatic heterocycles. The van der Waals surface area contributed by atoms with E-state index in [9.17, 15) is 0 Å². The summed E-state index contributed by atoms with van der Waals surface area (Å²) in [5, 5.41) is 0. The number of hydrogen-bond donors (Lipinski definition) is 0. The summed E-state index contributed by atoms with van der Waals surface area (Å²) < 4.78 is 11.1. The topological polar surface area (TPSA) is 55.8 Å². The Bertz CT molecular complexity index is 766. The summed E-state index contributed by atoms with van der Waals surface area (Å²) in [6.07, 6.45) is 0.250. The van der Waals surface area contributed by atoms with Crippen molar-refractivity contribution in [2.75, 3.05) is 38.5 Å². The van der Waals surface area contributed by atoms with E-state index < -0.39 is 0 Å². The first-order valence-corrected chi connectivity index (χ1v) is 9.23. The first-order chi connectivity index (χ1) is 12.9. The maximum Gasteiger partial charge on any atom is 0.373 e. The molecule has 0 spiro atoms. The average Bonchev–Trinajstić information content (AvgIpc) is 2.65. The van der Waals surface area contributed by atoms with Crippen molar-refractivity contribution in [3.8, 4) is 11.5 Å². The summed E-state index contributed by atoms with van der Waals surface area (Å²) in [4.78, 5) is 19.5. The fourth-order valence-corrected chi connectivity index (χ4v) is 3.07. The summed E-state index contributed by atoms with van der Waals surface area (Å²) in [6.45, 7) is 6.69. The zero-order chi connectivity index (χ0) is 20.2. The Kier molecular flexibility index (Phi) is 9.80. The van der Waals surface area contributed by atoms with Gasteiger partial charge in [-0.2, -0.15) is 9.59 Å². The van der Waals surface area contributed by atoms with E-state index >= 15 is 0 Å². The van der Waals surface area contributed by atoms with Gasteiger partial charge in [-0.05, 0) is 60.5 Å². The lowest BCUT2D eigenvalue weighted by Crippen LogP contribution is -2.08.